The SMILES string of the molecule is N#Cc1ccc(C=CC2CCCCC2)cn1. The summed E-state index contributed by atoms with van der Waals surface area (Å²) in [5.41, 5.74) is 1.57. The van der Waals surface area contributed by atoms with Crippen LogP contribution in [-0.2, 0) is 0 Å². The molecule has 0 amide bonds. The average Bonchev–Trinajstić information content (AvgIpc) is 2.38. The highest BCUT2D eigenvalue weighted by atomic mass is 14.7. The molecule has 0 aliphatic heterocycles. The van der Waals surface area contributed by atoms with E-state index < -0.39 is 0 Å². The Morgan fingerprint density at radius 1 is 1.25 bits per heavy atom. The maximum Gasteiger partial charge on any atom is 0.140 e. The monoisotopic (exact) mass is 212 g/mol. The number of allylic oxidation sites excluding steroid dienone is 1. The summed E-state index contributed by atoms with van der Waals surface area (Å²) in [5.74, 6) is 0.740. The van der Waals surface area contributed by atoms with Crippen molar-refractivity contribution in [1.82, 2.24) is 4.98 Å². The summed E-state index contributed by atoms with van der Waals surface area (Å²) in [6, 6.07) is 5.74. The zero-order chi connectivity index (χ0) is 11.2. The fraction of sp³-hybridized carbons (Fsp3) is 0.429. The van der Waals surface area contributed by atoms with Gasteiger partial charge < -0.3 is 0 Å². The minimum Gasteiger partial charge on any atom is -0.245 e. The lowest BCUT2D eigenvalue weighted by atomic mass is 9.89. The second kappa shape index (κ2) is 5.46. The highest BCUT2D eigenvalue weighted by molar-refractivity contribution is 5.48. The first-order valence-electron chi connectivity index (χ1n) is 5.93. The van der Waals surface area contributed by atoms with Crippen molar-refractivity contribution in [1.29, 1.82) is 5.26 Å². The lowest BCUT2D eigenvalue weighted by Gasteiger charge is -2.17. The lowest BCUT2D eigenvalue weighted by molar-refractivity contribution is 0.420. The second-order valence-electron chi connectivity index (χ2n) is 4.35. The van der Waals surface area contributed by atoms with Crippen LogP contribution >= 0.6 is 0 Å². The summed E-state index contributed by atoms with van der Waals surface area (Å²) in [6.07, 6.45) is 12.9. The number of pyridine rings is 1. The zero-order valence-corrected chi connectivity index (χ0v) is 9.39. The molecule has 1 saturated carbocycles. The first-order chi connectivity index (χ1) is 7.88. The molecule has 1 fully saturated rings. The van der Waals surface area contributed by atoms with Gasteiger partial charge in [-0.05, 0) is 30.4 Å². The third-order valence-corrected chi connectivity index (χ3v) is 3.11. The van der Waals surface area contributed by atoms with Crippen LogP contribution in [0, 0.1) is 17.2 Å². The number of nitriles is 1. The molecule has 2 rings (SSSR count). The Balaban J connectivity index is 1.97. The Labute approximate surface area is 96.6 Å². The maximum atomic E-state index is 8.63. The van der Waals surface area contributed by atoms with Crippen molar-refractivity contribution in [2.45, 2.75) is 32.1 Å². The van der Waals surface area contributed by atoms with Crippen LogP contribution in [0.5, 0.6) is 0 Å². The van der Waals surface area contributed by atoms with Gasteiger partial charge in [-0.3, -0.25) is 0 Å². The second-order valence-corrected chi connectivity index (χ2v) is 4.35. The largest absolute Gasteiger partial charge is 0.245 e. The first kappa shape index (κ1) is 10.9. The van der Waals surface area contributed by atoms with Gasteiger partial charge in [0.2, 0.25) is 0 Å². The molecule has 0 unspecified atom stereocenters. The molecule has 1 aliphatic carbocycles. The summed E-state index contributed by atoms with van der Waals surface area (Å²) in [5, 5.41) is 8.63. The number of nitrogens with zero attached hydrogens (tertiary/aromatic N) is 2. The summed E-state index contributed by atoms with van der Waals surface area (Å²) in [6.45, 7) is 0. The highest BCUT2D eigenvalue weighted by Gasteiger charge is 2.09. The molecule has 1 heterocycles. The van der Waals surface area contributed by atoms with Gasteiger partial charge in [-0.2, -0.15) is 5.26 Å². The number of hydrogen-bond acceptors (Lipinski definition) is 2. The van der Waals surface area contributed by atoms with Gasteiger partial charge in [-0.25, -0.2) is 4.98 Å². The maximum absolute atomic E-state index is 8.63. The molecule has 0 spiro atoms. The van der Waals surface area contributed by atoms with Crippen LogP contribution in [0.1, 0.15) is 43.4 Å². The molecular weight excluding hydrogens is 196 g/mol. The van der Waals surface area contributed by atoms with Crippen LogP contribution in [0.2, 0.25) is 0 Å². The van der Waals surface area contributed by atoms with Crippen LogP contribution in [0.25, 0.3) is 6.08 Å². The molecule has 0 N–H and O–H groups in total. The van der Waals surface area contributed by atoms with Crippen molar-refractivity contribution in [3.05, 3.63) is 35.7 Å². The molecule has 82 valence electrons. The molecule has 1 aliphatic rings. The van der Waals surface area contributed by atoms with Gasteiger partial charge >= 0.3 is 0 Å². The van der Waals surface area contributed by atoms with Gasteiger partial charge in [0.1, 0.15) is 11.8 Å². The quantitative estimate of drug-likeness (QED) is 0.751. The zero-order valence-electron chi connectivity index (χ0n) is 9.39. The topological polar surface area (TPSA) is 36.7 Å². The summed E-state index contributed by atoms with van der Waals surface area (Å²) in [4.78, 5) is 4.05. The molecule has 1 aromatic rings. The summed E-state index contributed by atoms with van der Waals surface area (Å²) >= 11 is 0. The molecule has 0 aromatic carbocycles. The van der Waals surface area contributed by atoms with E-state index in [9.17, 15) is 0 Å². The minimum absolute atomic E-state index is 0.481. The van der Waals surface area contributed by atoms with Crippen LogP contribution in [0.3, 0.4) is 0 Å². The molecular formula is C14H16N2. The summed E-state index contributed by atoms with van der Waals surface area (Å²) in [7, 11) is 0. The Kier molecular flexibility index (Phi) is 3.71. The molecule has 1 aromatic heterocycles. The van der Waals surface area contributed by atoms with Crippen molar-refractivity contribution >= 4 is 6.08 Å². The molecule has 0 saturated heterocycles. The number of hydrogen-bond donors (Lipinski definition) is 0. The molecule has 0 atom stereocenters. The standard InChI is InChI=1S/C14H16N2/c15-10-14-9-8-13(11-16-14)7-6-12-4-2-1-3-5-12/h6-9,11-12H,1-5H2. The van der Waals surface area contributed by atoms with Crippen LogP contribution in [0.4, 0.5) is 0 Å². The fourth-order valence-electron chi connectivity index (χ4n) is 2.14. The number of aromatic nitrogens is 1. The molecule has 0 radical (unpaired) electrons. The van der Waals surface area contributed by atoms with Crippen molar-refractivity contribution in [2.75, 3.05) is 0 Å². The van der Waals surface area contributed by atoms with Crippen molar-refractivity contribution < 1.29 is 0 Å². The predicted molar refractivity (Wildman–Crippen MR) is 64.6 cm³/mol. The van der Waals surface area contributed by atoms with Gasteiger partial charge in [-0.1, -0.05) is 37.5 Å². The highest BCUT2D eigenvalue weighted by Crippen LogP contribution is 2.25. The van der Waals surface area contributed by atoms with E-state index >= 15 is 0 Å². The van der Waals surface area contributed by atoms with E-state index in [1.807, 2.05) is 12.1 Å². The van der Waals surface area contributed by atoms with Gasteiger partial charge in [-0.15, -0.1) is 0 Å². The van der Waals surface area contributed by atoms with Gasteiger partial charge in [0.15, 0.2) is 0 Å². The van der Waals surface area contributed by atoms with Crippen molar-refractivity contribution in [3.8, 4) is 6.07 Å². The van der Waals surface area contributed by atoms with E-state index in [1.54, 1.807) is 12.3 Å². The van der Waals surface area contributed by atoms with Crippen molar-refractivity contribution in [2.24, 2.45) is 5.92 Å². The van der Waals surface area contributed by atoms with E-state index in [2.05, 4.69) is 17.1 Å². The smallest absolute Gasteiger partial charge is 0.140 e. The normalized spacial score (nSPS) is 17.4. The van der Waals surface area contributed by atoms with Gasteiger partial charge in [0.05, 0.1) is 0 Å². The third-order valence-electron chi connectivity index (χ3n) is 3.11. The fourth-order valence-corrected chi connectivity index (χ4v) is 2.14. The Morgan fingerprint density at radius 3 is 2.69 bits per heavy atom. The van der Waals surface area contributed by atoms with E-state index in [0.29, 0.717) is 5.69 Å². The van der Waals surface area contributed by atoms with E-state index in [4.69, 9.17) is 5.26 Å². The van der Waals surface area contributed by atoms with E-state index in [0.717, 1.165) is 11.5 Å². The average molecular weight is 212 g/mol. The third kappa shape index (κ3) is 2.93. The molecule has 16 heavy (non-hydrogen) atoms. The van der Waals surface area contributed by atoms with Crippen LogP contribution in [0.15, 0.2) is 24.4 Å². The lowest BCUT2D eigenvalue weighted by Crippen LogP contribution is -2.02. The van der Waals surface area contributed by atoms with Crippen molar-refractivity contribution in [3.63, 3.8) is 0 Å². The Bertz CT molecular complexity index is 392. The van der Waals surface area contributed by atoms with Crippen LogP contribution in [-0.4, -0.2) is 4.98 Å². The Hall–Kier alpha value is -1.62. The molecule has 2 nitrogen and oxygen atoms in total. The van der Waals surface area contributed by atoms with Gasteiger partial charge in [0, 0.05) is 6.20 Å². The van der Waals surface area contributed by atoms with E-state index in [-0.39, 0.29) is 0 Å². The predicted octanol–water partition coefficient (Wildman–Crippen LogP) is 3.55. The number of rotatable bonds is 2. The van der Waals surface area contributed by atoms with Crippen LogP contribution < -0.4 is 0 Å². The molecule has 2 heteroatoms. The molecule has 0 bridgehead atoms. The minimum atomic E-state index is 0.481. The van der Waals surface area contributed by atoms with Gasteiger partial charge in [0.25, 0.3) is 0 Å². The van der Waals surface area contributed by atoms with E-state index in [1.165, 1.54) is 32.1 Å². The Morgan fingerprint density at radius 2 is 2.06 bits per heavy atom. The first-order valence-corrected chi connectivity index (χ1v) is 5.93. The summed E-state index contributed by atoms with van der Waals surface area (Å²) < 4.78 is 0.